The highest BCUT2D eigenvalue weighted by Crippen LogP contribution is 2.35. The van der Waals surface area contributed by atoms with Gasteiger partial charge in [0, 0.05) is 32.7 Å². The molecule has 1 aliphatic carbocycles. The van der Waals surface area contributed by atoms with E-state index in [-0.39, 0.29) is 5.91 Å². The number of carbonyl (C=O) groups is 1. The quantitative estimate of drug-likeness (QED) is 0.781. The molecule has 3 unspecified atom stereocenters. The summed E-state index contributed by atoms with van der Waals surface area (Å²) in [4.78, 5) is 16.0. The van der Waals surface area contributed by atoms with Crippen molar-refractivity contribution in [1.29, 1.82) is 0 Å². The molecule has 4 heteroatoms. The lowest BCUT2D eigenvalue weighted by Gasteiger charge is -2.29. The molecule has 0 aromatic heterocycles. The van der Waals surface area contributed by atoms with Crippen LogP contribution in [0, 0.1) is 11.8 Å². The zero-order chi connectivity index (χ0) is 12.4. The van der Waals surface area contributed by atoms with Crippen LogP contribution in [-0.4, -0.2) is 55.0 Å². The smallest absolute Gasteiger partial charge is 0.236 e. The third-order valence-electron chi connectivity index (χ3n) is 4.49. The Kier molecular flexibility index (Phi) is 4.05. The second-order valence-corrected chi connectivity index (χ2v) is 5.62. The van der Waals surface area contributed by atoms with Crippen molar-refractivity contribution in [3.8, 4) is 0 Å². The maximum absolute atomic E-state index is 11.9. The molecule has 1 aliphatic heterocycles. The molecular formula is C13H25N3O. The Morgan fingerprint density at radius 3 is 2.82 bits per heavy atom. The molecule has 3 atom stereocenters. The summed E-state index contributed by atoms with van der Waals surface area (Å²) in [7, 11) is 1.87. The van der Waals surface area contributed by atoms with Crippen molar-refractivity contribution < 1.29 is 4.79 Å². The van der Waals surface area contributed by atoms with Crippen LogP contribution in [0.4, 0.5) is 0 Å². The first kappa shape index (κ1) is 12.8. The van der Waals surface area contributed by atoms with Gasteiger partial charge in [-0.05, 0) is 31.6 Å². The van der Waals surface area contributed by atoms with Crippen molar-refractivity contribution in [2.24, 2.45) is 17.6 Å². The first-order chi connectivity index (χ1) is 8.11. The number of amides is 1. The Labute approximate surface area is 104 Å². The lowest BCUT2D eigenvalue weighted by Crippen LogP contribution is -2.39. The average Bonchev–Trinajstić information content (AvgIpc) is 2.72. The average molecular weight is 239 g/mol. The summed E-state index contributed by atoms with van der Waals surface area (Å²) in [6, 6.07) is 0.359. The van der Waals surface area contributed by atoms with Gasteiger partial charge in [-0.25, -0.2) is 0 Å². The van der Waals surface area contributed by atoms with E-state index in [1.807, 2.05) is 14.0 Å². The molecule has 17 heavy (non-hydrogen) atoms. The van der Waals surface area contributed by atoms with Gasteiger partial charge in [-0.1, -0.05) is 6.42 Å². The van der Waals surface area contributed by atoms with Gasteiger partial charge < -0.3 is 10.6 Å². The second kappa shape index (κ2) is 5.36. The maximum Gasteiger partial charge on any atom is 0.236 e. The minimum Gasteiger partial charge on any atom is -0.345 e. The van der Waals surface area contributed by atoms with Crippen molar-refractivity contribution in [3.63, 3.8) is 0 Å². The van der Waals surface area contributed by atoms with Crippen molar-refractivity contribution in [3.05, 3.63) is 0 Å². The Morgan fingerprint density at radius 1 is 1.41 bits per heavy atom. The van der Waals surface area contributed by atoms with Gasteiger partial charge in [-0.2, -0.15) is 0 Å². The third kappa shape index (κ3) is 2.80. The molecule has 2 rings (SSSR count). The molecule has 98 valence electrons. The van der Waals surface area contributed by atoms with Crippen molar-refractivity contribution in [2.75, 3.05) is 33.2 Å². The predicted molar refractivity (Wildman–Crippen MR) is 68.6 cm³/mol. The van der Waals surface area contributed by atoms with E-state index in [1.165, 1.54) is 12.8 Å². The van der Waals surface area contributed by atoms with Crippen LogP contribution in [-0.2, 0) is 4.79 Å². The van der Waals surface area contributed by atoms with Crippen LogP contribution >= 0.6 is 0 Å². The fraction of sp³-hybridized carbons (Fsp3) is 0.923. The van der Waals surface area contributed by atoms with Crippen LogP contribution in [0.3, 0.4) is 0 Å². The summed E-state index contributed by atoms with van der Waals surface area (Å²) in [5.74, 6) is 1.60. The fourth-order valence-corrected chi connectivity index (χ4v) is 3.23. The predicted octanol–water partition coefficient (Wildman–Crippen LogP) is 0.524. The van der Waals surface area contributed by atoms with Gasteiger partial charge >= 0.3 is 0 Å². The van der Waals surface area contributed by atoms with E-state index in [2.05, 4.69) is 4.90 Å². The number of nitrogens with zero attached hydrogens (tertiary/aromatic N) is 2. The van der Waals surface area contributed by atoms with E-state index in [1.54, 1.807) is 4.90 Å². The summed E-state index contributed by atoms with van der Waals surface area (Å²) in [6.45, 7) is 5.47. The third-order valence-corrected chi connectivity index (χ3v) is 4.49. The topological polar surface area (TPSA) is 49.6 Å². The number of likely N-dealkylation sites (tertiary alicyclic amines) is 1. The highest BCUT2D eigenvalue weighted by molar-refractivity contribution is 5.77. The van der Waals surface area contributed by atoms with Crippen LogP contribution in [0.25, 0.3) is 0 Å². The lowest BCUT2D eigenvalue weighted by atomic mass is 9.78. The Bertz CT molecular complexity index is 282. The van der Waals surface area contributed by atoms with Gasteiger partial charge in [-0.3, -0.25) is 9.69 Å². The monoisotopic (exact) mass is 239 g/mol. The van der Waals surface area contributed by atoms with Crippen LogP contribution in [0.1, 0.15) is 26.2 Å². The molecule has 4 nitrogen and oxygen atoms in total. The number of rotatable bonds is 3. The lowest BCUT2D eigenvalue weighted by molar-refractivity contribution is -0.130. The number of hydrogen-bond acceptors (Lipinski definition) is 3. The van der Waals surface area contributed by atoms with E-state index in [4.69, 9.17) is 5.73 Å². The van der Waals surface area contributed by atoms with Gasteiger partial charge in [0.1, 0.15) is 0 Å². The first-order valence-corrected chi connectivity index (χ1v) is 6.83. The summed E-state index contributed by atoms with van der Waals surface area (Å²) < 4.78 is 0. The molecule has 1 saturated carbocycles. The highest BCUT2D eigenvalue weighted by Gasteiger charge is 2.39. The number of carbonyl (C=O) groups excluding carboxylic acids is 1. The van der Waals surface area contributed by atoms with Gasteiger partial charge in [-0.15, -0.1) is 0 Å². The second-order valence-electron chi connectivity index (χ2n) is 5.62. The van der Waals surface area contributed by atoms with E-state index in [9.17, 15) is 4.79 Å². The molecule has 0 radical (unpaired) electrons. The van der Waals surface area contributed by atoms with Crippen LogP contribution in [0.5, 0.6) is 0 Å². The number of hydrogen-bond donors (Lipinski definition) is 1. The van der Waals surface area contributed by atoms with E-state index in [0.717, 1.165) is 32.0 Å². The molecular weight excluding hydrogens is 214 g/mol. The number of likely N-dealkylation sites (N-methyl/N-ethyl adjacent to an activating group) is 1. The van der Waals surface area contributed by atoms with E-state index >= 15 is 0 Å². The van der Waals surface area contributed by atoms with Gasteiger partial charge in [0.05, 0.1) is 6.54 Å². The normalized spacial score (nSPS) is 33.5. The molecule has 2 aliphatic rings. The number of fused-ring (bicyclic) bond motifs is 1. The Hall–Kier alpha value is -0.610. The summed E-state index contributed by atoms with van der Waals surface area (Å²) >= 11 is 0. The van der Waals surface area contributed by atoms with Crippen molar-refractivity contribution in [2.45, 2.75) is 32.2 Å². The summed E-state index contributed by atoms with van der Waals surface area (Å²) in [5, 5.41) is 0. The molecule has 2 N–H and O–H groups in total. The molecule has 1 amide bonds. The highest BCUT2D eigenvalue weighted by atomic mass is 16.2. The van der Waals surface area contributed by atoms with E-state index in [0.29, 0.717) is 18.5 Å². The SMILES string of the molecule is CCN(C)C(=O)CN1CC2CCCC(N)C2C1. The molecule has 1 saturated heterocycles. The zero-order valence-electron chi connectivity index (χ0n) is 11.1. The van der Waals surface area contributed by atoms with Gasteiger partial charge in [0.2, 0.25) is 5.91 Å². The molecule has 1 heterocycles. The van der Waals surface area contributed by atoms with Crippen LogP contribution in [0.2, 0.25) is 0 Å². The minimum absolute atomic E-state index is 0.236. The van der Waals surface area contributed by atoms with E-state index < -0.39 is 0 Å². The minimum atomic E-state index is 0.236. The standard InChI is InChI=1S/C13H25N3O/c1-3-15(2)13(17)9-16-7-10-5-4-6-12(14)11(10)8-16/h10-12H,3-9,14H2,1-2H3. The van der Waals surface area contributed by atoms with Gasteiger partial charge in [0.25, 0.3) is 0 Å². The van der Waals surface area contributed by atoms with Crippen molar-refractivity contribution in [1.82, 2.24) is 9.80 Å². The summed E-state index contributed by atoms with van der Waals surface area (Å²) in [6.07, 6.45) is 3.73. The summed E-state index contributed by atoms with van der Waals surface area (Å²) in [5.41, 5.74) is 6.18. The molecule has 0 aromatic rings. The zero-order valence-corrected chi connectivity index (χ0v) is 11.1. The fourth-order valence-electron chi connectivity index (χ4n) is 3.23. The maximum atomic E-state index is 11.9. The van der Waals surface area contributed by atoms with Crippen LogP contribution < -0.4 is 5.73 Å². The molecule has 0 spiro atoms. The van der Waals surface area contributed by atoms with Crippen LogP contribution in [0.15, 0.2) is 0 Å². The Balaban J connectivity index is 1.87. The number of nitrogens with two attached hydrogens (primary N) is 1. The molecule has 0 aromatic carbocycles. The molecule has 2 fully saturated rings. The molecule has 0 bridgehead atoms. The largest absolute Gasteiger partial charge is 0.345 e. The van der Waals surface area contributed by atoms with Crippen molar-refractivity contribution >= 4 is 5.91 Å². The Morgan fingerprint density at radius 2 is 2.18 bits per heavy atom. The van der Waals surface area contributed by atoms with Gasteiger partial charge in [0.15, 0.2) is 0 Å². The first-order valence-electron chi connectivity index (χ1n) is 6.83.